The molecule has 0 amide bonds. The predicted molar refractivity (Wildman–Crippen MR) is 134 cm³/mol. The molecule has 1 fully saturated rings. The maximum Gasteiger partial charge on any atom is 0.314 e. The number of allylic oxidation sites excluding steroid dienone is 1. The highest BCUT2D eigenvalue weighted by atomic mass is 16.5. The van der Waals surface area contributed by atoms with Crippen LogP contribution in [-0.4, -0.2) is 12.6 Å². The van der Waals surface area contributed by atoms with Crippen molar-refractivity contribution in [2.75, 3.05) is 6.61 Å². The van der Waals surface area contributed by atoms with E-state index >= 15 is 0 Å². The smallest absolute Gasteiger partial charge is 0.314 e. The summed E-state index contributed by atoms with van der Waals surface area (Å²) in [5.41, 5.74) is 0.972. The maximum absolute atomic E-state index is 12.8. The zero-order chi connectivity index (χ0) is 23.0. The van der Waals surface area contributed by atoms with Crippen molar-refractivity contribution >= 4 is 5.97 Å². The van der Waals surface area contributed by atoms with Crippen LogP contribution in [0.1, 0.15) is 109 Å². The molecule has 0 atom stereocenters. The number of unbranched alkanes of at least 4 members (excludes halogenated alkanes) is 7. The Hall–Kier alpha value is -1.77. The van der Waals surface area contributed by atoms with Crippen LogP contribution in [-0.2, 0) is 11.2 Å². The summed E-state index contributed by atoms with van der Waals surface area (Å²) in [7, 11) is 0. The Morgan fingerprint density at radius 3 is 2.34 bits per heavy atom. The van der Waals surface area contributed by atoms with Crippen LogP contribution in [0.5, 0.6) is 11.5 Å². The normalized spacial score (nSPS) is 18.3. The molecule has 180 valence electrons. The van der Waals surface area contributed by atoms with E-state index in [0.717, 1.165) is 55.9 Å². The Balaban J connectivity index is 1.79. The van der Waals surface area contributed by atoms with Crippen molar-refractivity contribution in [3.8, 4) is 11.5 Å². The molecule has 0 spiro atoms. The highest BCUT2D eigenvalue weighted by Crippen LogP contribution is 2.34. The van der Waals surface area contributed by atoms with Gasteiger partial charge in [-0.05, 0) is 62.6 Å². The molecule has 0 unspecified atom stereocenters. The number of benzene rings is 1. The third kappa shape index (κ3) is 9.79. The zero-order valence-corrected chi connectivity index (χ0v) is 20.7. The molecule has 0 bridgehead atoms. The summed E-state index contributed by atoms with van der Waals surface area (Å²) < 4.78 is 11.8. The van der Waals surface area contributed by atoms with Gasteiger partial charge in [-0.15, -0.1) is 6.58 Å². The van der Waals surface area contributed by atoms with Crippen LogP contribution in [0.25, 0.3) is 0 Å². The number of carbonyl (C=O) groups is 1. The third-order valence-corrected chi connectivity index (χ3v) is 6.77. The molecular formula is C29H46O3. The lowest BCUT2D eigenvalue weighted by atomic mass is 9.79. The van der Waals surface area contributed by atoms with Gasteiger partial charge in [-0.25, -0.2) is 0 Å². The van der Waals surface area contributed by atoms with Gasteiger partial charge in [0.25, 0.3) is 0 Å². The van der Waals surface area contributed by atoms with Gasteiger partial charge in [0, 0.05) is 5.56 Å². The van der Waals surface area contributed by atoms with Gasteiger partial charge in [0.05, 0.1) is 12.5 Å². The fourth-order valence-electron chi connectivity index (χ4n) is 4.69. The SMILES string of the molecule is C=CCc1cc(OCCCCCC)ccc1OC(=O)[C@H]1CC[C@H](CCCCCCC)CC1. The van der Waals surface area contributed by atoms with Crippen LogP contribution in [0.15, 0.2) is 30.9 Å². The largest absolute Gasteiger partial charge is 0.494 e. The van der Waals surface area contributed by atoms with Crippen LogP contribution in [0.4, 0.5) is 0 Å². The number of hydrogen-bond acceptors (Lipinski definition) is 3. The average Bonchev–Trinajstić information content (AvgIpc) is 2.81. The minimum Gasteiger partial charge on any atom is -0.494 e. The number of esters is 1. The molecule has 0 aliphatic heterocycles. The highest BCUT2D eigenvalue weighted by molar-refractivity contribution is 5.75. The molecule has 3 heteroatoms. The first-order valence-electron chi connectivity index (χ1n) is 13.3. The van der Waals surface area contributed by atoms with Crippen LogP contribution in [0.3, 0.4) is 0 Å². The molecule has 3 nitrogen and oxygen atoms in total. The van der Waals surface area contributed by atoms with Gasteiger partial charge in [0.1, 0.15) is 11.5 Å². The summed E-state index contributed by atoms with van der Waals surface area (Å²) >= 11 is 0. The van der Waals surface area contributed by atoms with Gasteiger partial charge in [-0.3, -0.25) is 4.79 Å². The van der Waals surface area contributed by atoms with Crippen molar-refractivity contribution in [2.24, 2.45) is 11.8 Å². The summed E-state index contributed by atoms with van der Waals surface area (Å²) in [5, 5.41) is 0. The number of carbonyl (C=O) groups excluding carboxylic acids is 1. The van der Waals surface area contributed by atoms with Gasteiger partial charge < -0.3 is 9.47 Å². The predicted octanol–water partition coefficient (Wildman–Crippen LogP) is 8.45. The first-order valence-corrected chi connectivity index (χ1v) is 13.3. The molecular weight excluding hydrogens is 396 g/mol. The molecule has 32 heavy (non-hydrogen) atoms. The van der Waals surface area contributed by atoms with Gasteiger partial charge in [0.15, 0.2) is 0 Å². The lowest BCUT2D eigenvalue weighted by molar-refractivity contribution is -0.140. The minimum absolute atomic E-state index is 0.0393. The standard InChI is InChI=1S/C29H46O3/c1-4-7-9-11-12-15-24-16-18-25(19-17-24)29(30)32-28-21-20-27(23-26(28)14-6-3)31-22-13-10-8-5-2/h6,20-21,23-25H,3-5,7-19,22H2,1-2H3/t24-,25-. The third-order valence-electron chi connectivity index (χ3n) is 6.77. The Labute approximate surface area is 197 Å². The van der Waals surface area contributed by atoms with Gasteiger partial charge in [-0.2, -0.15) is 0 Å². The van der Waals surface area contributed by atoms with E-state index < -0.39 is 0 Å². The molecule has 2 rings (SSSR count). The lowest BCUT2D eigenvalue weighted by Gasteiger charge is -2.27. The summed E-state index contributed by atoms with van der Waals surface area (Å²) in [6.45, 7) is 9.06. The minimum atomic E-state index is -0.0649. The lowest BCUT2D eigenvalue weighted by Crippen LogP contribution is -2.26. The molecule has 1 aliphatic rings. The summed E-state index contributed by atoms with van der Waals surface area (Å²) in [4.78, 5) is 12.8. The van der Waals surface area contributed by atoms with Crippen molar-refractivity contribution < 1.29 is 14.3 Å². The molecule has 0 heterocycles. The molecule has 0 radical (unpaired) electrons. The molecule has 0 saturated heterocycles. The van der Waals surface area contributed by atoms with Crippen molar-refractivity contribution in [1.29, 1.82) is 0 Å². The average molecular weight is 443 g/mol. The van der Waals surface area contributed by atoms with Crippen molar-refractivity contribution in [2.45, 2.75) is 110 Å². The van der Waals surface area contributed by atoms with Gasteiger partial charge in [0.2, 0.25) is 0 Å². The van der Waals surface area contributed by atoms with Crippen LogP contribution >= 0.6 is 0 Å². The van der Waals surface area contributed by atoms with Crippen molar-refractivity contribution in [1.82, 2.24) is 0 Å². The number of ether oxygens (including phenoxy) is 2. The quantitative estimate of drug-likeness (QED) is 0.111. The van der Waals surface area contributed by atoms with E-state index in [1.54, 1.807) is 0 Å². The molecule has 1 saturated carbocycles. The Morgan fingerprint density at radius 2 is 1.66 bits per heavy atom. The van der Waals surface area contributed by atoms with E-state index in [-0.39, 0.29) is 11.9 Å². The second-order valence-electron chi connectivity index (χ2n) is 9.51. The van der Waals surface area contributed by atoms with E-state index in [0.29, 0.717) is 12.2 Å². The fourth-order valence-corrected chi connectivity index (χ4v) is 4.69. The molecule has 1 aromatic carbocycles. The number of rotatable bonds is 16. The van der Waals surface area contributed by atoms with E-state index in [1.165, 1.54) is 57.8 Å². The Morgan fingerprint density at radius 1 is 0.969 bits per heavy atom. The summed E-state index contributed by atoms with van der Waals surface area (Å²) in [5.74, 6) is 2.27. The first kappa shape index (κ1) is 26.5. The molecule has 0 aromatic heterocycles. The zero-order valence-electron chi connectivity index (χ0n) is 20.7. The van der Waals surface area contributed by atoms with E-state index in [2.05, 4.69) is 20.4 Å². The maximum atomic E-state index is 12.8. The van der Waals surface area contributed by atoms with Crippen molar-refractivity contribution in [3.63, 3.8) is 0 Å². The van der Waals surface area contributed by atoms with Gasteiger partial charge >= 0.3 is 5.97 Å². The second-order valence-corrected chi connectivity index (χ2v) is 9.51. The topological polar surface area (TPSA) is 35.5 Å². The van der Waals surface area contributed by atoms with Gasteiger partial charge in [-0.1, -0.05) is 77.7 Å². The highest BCUT2D eigenvalue weighted by Gasteiger charge is 2.28. The molecule has 0 N–H and O–H groups in total. The Bertz CT molecular complexity index is 658. The van der Waals surface area contributed by atoms with E-state index in [1.807, 2.05) is 24.3 Å². The van der Waals surface area contributed by atoms with Crippen LogP contribution in [0, 0.1) is 11.8 Å². The monoisotopic (exact) mass is 442 g/mol. The van der Waals surface area contributed by atoms with Crippen LogP contribution < -0.4 is 9.47 Å². The van der Waals surface area contributed by atoms with Crippen molar-refractivity contribution in [3.05, 3.63) is 36.4 Å². The number of hydrogen-bond donors (Lipinski definition) is 0. The second kappa shape index (κ2) is 15.9. The fraction of sp³-hybridized carbons (Fsp3) is 0.690. The molecule has 1 aromatic rings. The first-order chi connectivity index (χ1) is 15.7. The van der Waals surface area contributed by atoms with E-state index in [4.69, 9.17) is 9.47 Å². The van der Waals surface area contributed by atoms with Crippen LogP contribution in [0.2, 0.25) is 0 Å². The molecule has 1 aliphatic carbocycles. The summed E-state index contributed by atoms with van der Waals surface area (Å²) in [6, 6.07) is 5.81. The Kier molecular flexibility index (Phi) is 13.2. The van der Waals surface area contributed by atoms with E-state index in [9.17, 15) is 4.79 Å². The summed E-state index contributed by atoms with van der Waals surface area (Å²) in [6.07, 6.45) is 19.6.